The summed E-state index contributed by atoms with van der Waals surface area (Å²) in [6.45, 7) is 0.242. The predicted octanol–water partition coefficient (Wildman–Crippen LogP) is 1.89. The fourth-order valence-corrected chi connectivity index (χ4v) is 1.72. The highest BCUT2D eigenvalue weighted by molar-refractivity contribution is 6.41. The van der Waals surface area contributed by atoms with Crippen molar-refractivity contribution < 1.29 is 0 Å². The van der Waals surface area contributed by atoms with Gasteiger partial charge in [0.2, 0.25) is 0 Å². The van der Waals surface area contributed by atoms with Crippen LogP contribution in [0.4, 0.5) is 0 Å². The van der Waals surface area contributed by atoms with Crippen LogP contribution < -0.4 is 11.1 Å². The van der Waals surface area contributed by atoms with Gasteiger partial charge in [-0.2, -0.15) is 0 Å². The van der Waals surface area contributed by atoms with Crippen molar-refractivity contribution in [2.45, 2.75) is 6.54 Å². The Bertz CT molecular complexity index is 647. The second-order valence-corrected chi connectivity index (χ2v) is 4.20. The Kier molecular flexibility index (Phi) is 3.36. The molecule has 6 heteroatoms. The van der Waals surface area contributed by atoms with E-state index in [9.17, 15) is 9.59 Å². The molecular formula is C11H8Cl2N2O2. The summed E-state index contributed by atoms with van der Waals surface area (Å²) >= 11 is 11.2. The first-order valence-corrected chi connectivity index (χ1v) is 5.57. The van der Waals surface area contributed by atoms with Gasteiger partial charge in [0.05, 0.1) is 6.54 Å². The minimum Gasteiger partial charge on any atom is -0.266 e. The van der Waals surface area contributed by atoms with Crippen molar-refractivity contribution in [3.63, 3.8) is 0 Å². The summed E-state index contributed by atoms with van der Waals surface area (Å²) in [5.41, 5.74) is -0.212. The third kappa shape index (κ3) is 2.43. The first kappa shape index (κ1) is 12.0. The van der Waals surface area contributed by atoms with E-state index in [-0.39, 0.29) is 16.6 Å². The lowest BCUT2D eigenvalue weighted by Crippen LogP contribution is -2.30. The van der Waals surface area contributed by atoms with Gasteiger partial charge in [-0.15, -0.1) is 0 Å². The zero-order chi connectivity index (χ0) is 12.4. The Morgan fingerprint density at radius 3 is 2.35 bits per heavy atom. The summed E-state index contributed by atoms with van der Waals surface area (Å²) in [7, 11) is 0. The molecule has 0 bridgehead atoms. The Labute approximate surface area is 106 Å². The van der Waals surface area contributed by atoms with Crippen LogP contribution in [0.3, 0.4) is 0 Å². The van der Waals surface area contributed by atoms with E-state index in [1.807, 2.05) is 30.3 Å². The maximum atomic E-state index is 11.7. The summed E-state index contributed by atoms with van der Waals surface area (Å²) in [5.74, 6) is 0. The number of hydrogen-bond donors (Lipinski definition) is 1. The van der Waals surface area contributed by atoms with Crippen LogP contribution in [-0.4, -0.2) is 9.78 Å². The smallest absolute Gasteiger partial charge is 0.266 e. The summed E-state index contributed by atoms with van der Waals surface area (Å²) < 4.78 is 1.13. The van der Waals surface area contributed by atoms with Crippen LogP contribution in [0.25, 0.3) is 0 Å². The molecule has 1 aromatic heterocycles. The Morgan fingerprint density at radius 1 is 1.06 bits per heavy atom. The fourth-order valence-electron chi connectivity index (χ4n) is 1.41. The highest BCUT2D eigenvalue weighted by atomic mass is 35.5. The van der Waals surface area contributed by atoms with E-state index in [2.05, 4.69) is 5.10 Å². The van der Waals surface area contributed by atoms with Gasteiger partial charge in [-0.3, -0.25) is 14.7 Å². The molecule has 0 saturated heterocycles. The maximum Gasteiger partial charge on any atom is 0.285 e. The van der Waals surface area contributed by atoms with E-state index in [0.29, 0.717) is 0 Å². The fraction of sp³-hybridized carbons (Fsp3) is 0.0909. The number of aromatic nitrogens is 2. The van der Waals surface area contributed by atoms with Crippen LogP contribution in [0.1, 0.15) is 5.56 Å². The quantitative estimate of drug-likeness (QED) is 0.906. The van der Waals surface area contributed by atoms with Gasteiger partial charge in [0.1, 0.15) is 10.0 Å². The number of aromatic amines is 1. The zero-order valence-corrected chi connectivity index (χ0v) is 10.1. The normalized spacial score (nSPS) is 10.5. The average Bonchev–Trinajstić information content (AvgIpc) is 2.35. The van der Waals surface area contributed by atoms with Gasteiger partial charge in [0.25, 0.3) is 11.1 Å². The lowest BCUT2D eigenvalue weighted by atomic mass is 10.2. The molecule has 0 radical (unpaired) electrons. The Morgan fingerprint density at radius 2 is 1.71 bits per heavy atom. The topological polar surface area (TPSA) is 54.9 Å². The van der Waals surface area contributed by atoms with Gasteiger partial charge >= 0.3 is 0 Å². The highest BCUT2D eigenvalue weighted by Gasteiger charge is 2.10. The number of rotatable bonds is 2. The van der Waals surface area contributed by atoms with Crippen molar-refractivity contribution in [2.24, 2.45) is 0 Å². The third-order valence-corrected chi connectivity index (χ3v) is 3.05. The van der Waals surface area contributed by atoms with Crippen molar-refractivity contribution in [1.82, 2.24) is 9.78 Å². The van der Waals surface area contributed by atoms with Gasteiger partial charge < -0.3 is 0 Å². The standard InChI is InChI=1S/C11H8Cl2N2O2/c12-8-9(13)11(17)15(14-10(8)16)6-7-4-2-1-3-5-7/h1-5H,6H2,(H,14,16). The molecule has 1 N–H and O–H groups in total. The predicted molar refractivity (Wildman–Crippen MR) is 66.9 cm³/mol. The average molecular weight is 271 g/mol. The molecule has 0 saturated carbocycles. The van der Waals surface area contributed by atoms with Crippen LogP contribution in [0.15, 0.2) is 39.9 Å². The van der Waals surface area contributed by atoms with Gasteiger partial charge in [-0.1, -0.05) is 53.5 Å². The molecule has 17 heavy (non-hydrogen) atoms. The van der Waals surface area contributed by atoms with Crippen LogP contribution in [-0.2, 0) is 6.54 Å². The van der Waals surface area contributed by atoms with Crippen LogP contribution in [0, 0.1) is 0 Å². The molecule has 2 rings (SSSR count). The van der Waals surface area contributed by atoms with E-state index >= 15 is 0 Å². The molecule has 88 valence electrons. The highest BCUT2D eigenvalue weighted by Crippen LogP contribution is 2.10. The van der Waals surface area contributed by atoms with Gasteiger partial charge in [-0.05, 0) is 5.56 Å². The molecule has 0 fully saturated rings. The van der Waals surface area contributed by atoms with Crippen molar-refractivity contribution in [2.75, 3.05) is 0 Å². The number of nitrogens with one attached hydrogen (secondary N) is 1. The molecule has 0 atom stereocenters. The number of hydrogen-bond acceptors (Lipinski definition) is 2. The van der Waals surface area contributed by atoms with E-state index in [0.717, 1.165) is 10.2 Å². The van der Waals surface area contributed by atoms with Crippen LogP contribution in [0.5, 0.6) is 0 Å². The second-order valence-electron chi connectivity index (χ2n) is 3.45. The SMILES string of the molecule is O=c1[nH]n(Cc2ccccc2)c(=O)c(Cl)c1Cl. The second kappa shape index (κ2) is 4.77. The molecule has 1 heterocycles. The number of nitrogens with zero attached hydrogens (tertiary/aromatic N) is 1. The van der Waals surface area contributed by atoms with Gasteiger partial charge in [0.15, 0.2) is 0 Å². The zero-order valence-electron chi connectivity index (χ0n) is 8.61. The van der Waals surface area contributed by atoms with Gasteiger partial charge in [-0.25, -0.2) is 4.68 Å². The summed E-state index contributed by atoms with van der Waals surface area (Å²) in [4.78, 5) is 23.1. The van der Waals surface area contributed by atoms with Crippen molar-refractivity contribution in [3.05, 3.63) is 66.6 Å². The van der Waals surface area contributed by atoms with Crippen molar-refractivity contribution >= 4 is 23.2 Å². The van der Waals surface area contributed by atoms with E-state index in [4.69, 9.17) is 23.2 Å². The molecule has 0 aliphatic heterocycles. The molecule has 1 aromatic carbocycles. The van der Waals surface area contributed by atoms with Crippen LogP contribution in [0.2, 0.25) is 10.0 Å². The third-order valence-electron chi connectivity index (χ3n) is 2.24. The number of H-pyrrole nitrogens is 1. The molecular weight excluding hydrogens is 263 g/mol. The van der Waals surface area contributed by atoms with Crippen molar-refractivity contribution in [3.8, 4) is 0 Å². The summed E-state index contributed by atoms with van der Waals surface area (Å²) in [6.07, 6.45) is 0. The number of benzene rings is 1. The largest absolute Gasteiger partial charge is 0.285 e. The molecule has 2 aromatic rings. The van der Waals surface area contributed by atoms with Gasteiger partial charge in [0, 0.05) is 0 Å². The molecule has 0 aliphatic rings. The first-order valence-electron chi connectivity index (χ1n) is 4.81. The molecule has 0 spiro atoms. The molecule has 0 amide bonds. The van der Waals surface area contributed by atoms with E-state index in [1.165, 1.54) is 0 Å². The Balaban J connectivity index is 2.48. The lowest BCUT2D eigenvalue weighted by molar-refractivity contribution is 0.628. The number of halogens is 2. The van der Waals surface area contributed by atoms with E-state index in [1.54, 1.807) is 0 Å². The minimum absolute atomic E-state index is 0.242. The first-order chi connectivity index (χ1) is 8.09. The maximum absolute atomic E-state index is 11.7. The Hall–Kier alpha value is -1.52. The molecule has 0 aliphatic carbocycles. The monoisotopic (exact) mass is 270 g/mol. The summed E-state index contributed by atoms with van der Waals surface area (Å²) in [6, 6.07) is 9.23. The minimum atomic E-state index is -0.577. The van der Waals surface area contributed by atoms with Crippen LogP contribution >= 0.6 is 23.2 Å². The van der Waals surface area contributed by atoms with Crippen molar-refractivity contribution in [1.29, 1.82) is 0 Å². The lowest BCUT2D eigenvalue weighted by Gasteiger charge is -2.06. The molecule has 4 nitrogen and oxygen atoms in total. The molecule has 0 unspecified atom stereocenters. The van der Waals surface area contributed by atoms with E-state index < -0.39 is 11.1 Å². The summed E-state index contributed by atoms with van der Waals surface area (Å²) in [5, 5.41) is 1.83.